The molecule has 0 aromatic heterocycles. The number of benzene rings is 1. The van der Waals surface area contributed by atoms with Gasteiger partial charge in [0.25, 0.3) is 0 Å². The smallest absolute Gasteiger partial charge is 0.340 e. The molecule has 1 aliphatic heterocycles. The molecule has 0 amide bonds. The maximum absolute atomic E-state index is 13.8. The van der Waals surface area contributed by atoms with Gasteiger partial charge in [-0.2, -0.15) is 0 Å². The number of nitrogens with zero attached hydrogens (tertiary/aromatic N) is 1. The summed E-state index contributed by atoms with van der Waals surface area (Å²) in [6.45, 7) is 5.10. The highest BCUT2D eigenvalue weighted by Gasteiger charge is 2.17. The van der Waals surface area contributed by atoms with Crippen LogP contribution < -0.4 is 0 Å². The molecule has 0 N–H and O–H groups in total. The first-order valence-corrected chi connectivity index (χ1v) is 6.69. The van der Waals surface area contributed by atoms with E-state index in [0.29, 0.717) is 5.92 Å². The molecule has 1 aromatic carbocycles. The highest BCUT2D eigenvalue weighted by molar-refractivity contribution is 5.89. The SMILES string of the molecule is COC(=O)c1ccc(CN2CCCC(C)C2)cc1F. The number of methoxy groups -OCH3 is 1. The van der Waals surface area contributed by atoms with E-state index >= 15 is 0 Å². The molecule has 1 atom stereocenters. The Kier molecular flexibility index (Phi) is 4.53. The van der Waals surface area contributed by atoms with E-state index < -0.39 is 11.8 Å². The van der Waals surface area contributed by atoms with E-state index in [0.717, 1.165) is 25.2 Å². The number of hydrogen-bond acceptors (Lipinski definition) is 3. The van der Waals surface area contributed by atoms with Crippen LogP contribution in [0.4, 0.5) is 4.39 Å². The minimum Gasteiger partial charge on any atom is -0.465 e. The van der Waals surface area contributed by atoms with E-state index in [1.807, 2.05) is 0 Å². The quantitative estimate of drug-likeness (QED) is 0.787. The summed E-state index contributed by atoms with van der Waals surface area (Å²) < 4.78 is 18.3. The van der Waals surface area contributed by atoms with Crippen molar-refractivity contribution in [3.63, 3.8) is 0 Å². The maximum Gasteiger partial charge on any atom is 0.340 e. The summed E-state index contributed by atoms with van der Waals surface area (Å²) in [6.07, 6.45) is 2.47. The Balaban J connectivity index is 2.05. The Morgan fingerprint density at radius 2 is 2.32 bits per heavy atom. The van der Waals surface area contributed by atoms with Crippen LogP contribution in [0.15, 0.2) is 18.2 Å². The zero-order valence-electron chi connectivity index (χ0n) is 11.5. The summed E-state index contributed by atoms with van der Waals surface area (Å²) in [4.78, 5) is 13.6. The van der Waals surface area contributed by atoms with Gasteiger partial charge in [0, 0.05) is 13.1 Å². The zero-order chi connectivity index (χ0) is 13.8. The van der Waals surface area contributed by atoms with E-state index in [1.165, 1.54) is 32.1 Å². The van der Waals surface area contributed by atoms with Gasteiger partial charge in [-0.25, -0.2) is 9.18 Å². The Hall–Kier alpha value is -1.42. The molecule has 1 unspecified atom stereocenters. The van der Waals surface area contributed by atoms with Gasteiger partial charge < -0.3 is 4.74 Å². The lowest BCUT2D eigenvalue weighted by Crippen LogP contribution is -2.33. The Morgan fingerprint density at radius 3 is 2.95 bits per heavy atom. The second-order valence-electron chi connectivity index (χ2n) is 5.29. The average Bonchev–Trinajstić information content (AvgIpc) is 2.38. The number of carbonyl (C=O) groups is 1. The largest absolute Gasteiger partial charge is 0.465 e. The molecule has 3 nitrogen and oxygen atoms in total. The number of piperidine rings is 1. The molecule has 1 saturated heterocycles. The summed E-state index contributed by atoms with van der Waals surface area (Å²) in [7, 11) is 1.25. The van der Waals surface area contributed by atoms with Gasteiger partial charge in [0.05, 0.1) is 12.7 Å². The first-order valence-electron chi connectivity index (χ1n) is 6.69. The lowest BCUT2D eigenvalue weighted by molar-refractivity contribution is 0.0595. The lowest BCUT2D eigenvalue weighted by Gasteiger charge is -2.30. The maximum atomic E-state index is 13.8. The lowest BCUT2D eigenvalue weighted by atomic mass is 9.99. The molecule has 4 heteroatoms. The van der Waals surface area contributed by atoms with E-state index in [-0.39, 0.29) is 5.56 Å². The Bertz CT molecular complexity index is 461. The van der Waals surface area contributed by atoms with Crippen LogP contribution in [-0.2, 0) is 11.3 Å². The van der Waals surface area contributed by atoms with Crippen LogP contribution in [0, 0.1) is 11.7 Å². The Morgan fingerprint density at radius 1 is 1.53 bits per heavy atom. The van der Waals surface area contributed by atoms with E-state index in [1.54, 1.807) is 6.07 Å². The number of ether oxygens (including phenoxy) is 1. The number of esters is 1. The zero-order valence-corrected chi connectivity index (χ0v) is 11.5. The van der Waals surface area contributed by atoms with Crippen molar-refractivity contribution in [2.45, 2.75) is 26.3 Å². The van der Waals surface area contributed by atoms with Gasteiger partial charge in [-0.3, -0.25) is 4.90 Å². The summed E-state index contributed by atoms with van der Waals surface area (Å²) in [6, 6.07) is 4.74. The van der Waals surface area contributed by atoms with Crippen LogP contribution in [0.3, 0.4) is 0 Å². The van der Waals surface area contributed by atoms with Gasteiger partial charge in [-0.05, 0) is 43.0 Å². The molecule has 0 radical (unpaired) electrons. The molecule has 104 valence electrons. The summed E-state index contributed by atoms with van der Waals surface area (Å²) in [5.74, 6) is -0.432. The van der Waals surface area contributed by atoms with Crippen molar-refractivity contribution >= 4 is 5.97 Å². The summed E-state index contributed by atoms with van der Waals surface area (Å²) >= 11 is 0. The molecular formula is C15H20FNO2. The third-order valence-electron chi connectivity index (χ3n) is 3.59. The van der Waals surface area contributed by atoms with E-state index in [4.69, 9.17) is 0 Å². The molecular weight excluding hydrogens is 245 g/mol. The van der Waals surface area contributed by atoms with Crippen LogP contribution in [0.5, 0.6) is 0 Å². The van der Waals surface area contributed by atoms with Gasteiger partial charge in [0.1, 0.15) is 5.82 Å². The fraction of sp³-hybridized carbons (Fsp3) is 0.533. The molecule has 0 bridgehead atoms. The number of rotatable bonds is 3. The van der Waals surface area contributed by atoms with E-state index in [9.17, 15) is 9.18 Å². The third-order valence-corrected chi connectivity index (χ3v) is 3.59. The van der Waals surface area contributed by atoms with Crippen molar-refractivity contribution in [2.75, 3.05) is 20.2 Å². The fourth-order valence-electron chi connectivity index (χ4n) is 2.62. The molecule has 2 rings (SSSR count). The van der Waals surface area contributed by atoms with Gasteiger partial charge in [0.2, 0.25) is 0 Å². The van der Waals surface area contributed by atoms with E-state index in [2.05, 4.69) is 16.6 Å². The van der Waals surface area contributed by atoms with Crippen molar-refractivity contribution in [2.24, 2.45) is 5.92 Å². The number of hydrogen-bond donors (Lipinski definition) is 0. The third kappa shape index (κ3) is 3.53. The van der Waals surface area contributed by atoms with Crippen molar-refractivity contribution < 1.29 is 13.9 Å². The molecule has 1 heterocycles. The minimum absolute atomic E-state index is 0.00161. The fourth-order valence-corrected chi connectivity index (χ4v) is 2.62. The van der Waals surface area contributed by atoms with Crippen LogP contribution >= 0.6 is 0 Å². The highest BCUT2D eigenvalue weighted by atomic mass is 19.1. The number of halogens is 1. The molecule has 1 aliphatic rings. The van der Waals surface area contributed by atoms with Gasteiger partial charge in [-0.1, -0.05) is 13.0 Å². The summed E-state index contributed by atoms with van der Waals surface area (Å²) in [5.41, 5.74) is 0.900. The minimum atomic E-state index is -0.629. The average molecular weight is 265 g/mol. The van der Waals surface area contributed by atoms with Crippen molar-refractivity contribution in [3.05, 3.63) is 35.1 Å². The van der Waals surface area contributed by atoms with Gasteiger partial charge in [-0.15, -0.1) is 0 Å². The Labute approximate surface area is 113 Å². The second kappa shape index (κ2) is 6.15. The predicted octanol–water partition coefficient (Wildman–Crippen LogP) is 2.84. The van der Waals surface area contributed by atoms with Crippen molar-refractivity contribution in [1.29, 1.82) is 0 Å². The second-order valence-corrected chi connectivity index (χ2v) is 5.29. The normalized spacial score (nSPS) is 20.3. The van der Waals surface area contributed by atoms with Crippen LogP contribution in [0.2, 0.25) is 0 Å². The van der Waals surface area contributed by atoms with Crippen LogP contribution in [0.1, 0.15) is 35.7 Å². The standard InChI is InChI=1S/C15H20FNO2/c1-11-4-3-7-17(9-11)10-12-5-6-13(14(16)8-12)15(18)19-2/h5-6,8,11H,3-4,7,9-10H2,1-2H3. The van der Waals surface area contributed by atoms with Crippen LogP contribution in [-0.4, -0.2) is 31.1 Å². The van der Waals surface area contributed by atoms with Crippen molar-refractivity contribution in [3.8, 4) is 0 Å². The first-order chi connectivity index (χ1) is 9.10. The summed E-state index contributed by atoms with van der Waals surface area (Å²) in [5, 5.41) is 0. The molecule has 1 aromatic rings. The van der Waals surface area contributed by atoms with Gasteiger partial charge in [0.15, 0.2) is 0 Å². The monoisotopic (exact) mass is 265 g/mol. The van der Waals surface area contributed by atoms with Crippen molar-refractivity contribution in [1.82, 2.24) is 4.90 Å². The molecule has 0 saturated carbocycles. The molecule has 1 fully saturated rings. The molecule has 0 aliphatic carbocycles. The highest BCUT2D eigenvalue weighted by Crippen LogP contribution is 2.19. The van der Waals surface area contributed by atoms with Gasteiger partial charge >= 0.3 is 5.97 Å². The number of likely N-dealkylation sites (tertiary alicyclic amines) is 1. The molecule has 19 heavy (non-hydrogen) atoms. The molecule has 0 spiro atoms. The first kappa shape index (κ1) is 14.0. The predicted molar refractivity (Wildman–Crippen MR) is 71.4 cm³/mol. The number of carbonyl (C=O) groups excluding carboxylic acids is 1. The van der Waals surface area contributed by atoms with Crippen LogP contribution in [0.25, 0.3) is 0 Å². The topological polar surface area (TPSA) is 29.5 Å².